The predicted octanol–water partition coefficient (Wildman–Crippen LogP) is 5.48. The number of amides is 1. The van der Waals surface area contributed by atoms with Crippen LogP contribution in [0.2, 0.25) is 0 Å². The molecule has 0 bridgehead atoms. The summed E-state index contributed by atoms with van der Waals surface area (Å²) in [5.41, 5.74) is 2.74. The molecule has 4 rings (SSSR count). The maximum atomic E-state index is 12.6. The average Bonchev–Trinajstić information content (AvgIpc) is 3.49. The van der Waals surface area contributed by atoms with Gasteiger partial charge in [0.15, 0.2) is 0 Å². The van der Waals surface area contributed by atoms with E-state index in [1.807, 2.05) is 12.1 Å². The minimum atomic E-state index is -4.77. The molecule has 1 unspecified atom stereocenters. The number of hydrogen-bond acceptors (Lipinski definition) is 5. The van der Waals surface area contributed by atoms with Gasteiger partial charge in [-0.2, -0.15) is 0 Å². The van der Waals surface area contributed by atoms with Crippen molar-refractivity contribution in [1.29, 1.82) is 0 Å². The standard InChI is InChI=1S/C23H22F3N3O2S/c1-2-14-5-3-6-15(11-14)12-19(27-20(30)16-9-10-16)22-29-28-21(32-22)17-7-4-8-18(13-17)31-23(24,25)26/h3-8,11,13,16,19H,2,9-10,12H2,1H3,(H,27,30). The van der Waals surface area contributed by atoms with Crippen LogP contribution in [0.5, 0.6) is 5.75 Å². The zero-order valence-corrected chi connectivity index (χ0v) is 18.2. The number of halogens is 3. The van der Waals surface area contributed by atoms with Gasteiger partial charge >= 0.3 is 6.36 Å². The number of nitrogens with zero attached hydrogens (tertiary/aromatic N) is 2. The van der Waals surface area contributed by atoms with E-state index in [-0.39, 0.29) is 23.6 Å². The largest absolute Gasteiger partial charge is 0.573 e. The minimum absolute atomic E-state index is 0.000953. The molecule has 1 fully saturated rings. The second kappa shape index (κ2) is 9.28. The molecule has 9 heteroatoms. The lowest BCUT2D eigenvalue weighted by molar-refractivity contribution is -0.274. The van der Waals surface area contributed by atoms with Gasteiger partial charge in [-0.3, -0.25) is 4.79 Å². The number of carbonyl (C=O) groups excluding carboxylic acids is 1. The molecule has 5 nitrogen and oxygen atoms in total. The first-order valence-electron chi connectivity index (χ1n) is 10.4. The molecule has 0 spiro atoms. The number of ether oxygens (including phenoxy) is 1. The highest BCUT2D eigenvalue weighted by molar-refractivity contribution is 7.14. The van der Waals surface area contributed by atoms with E-state index in [0.29, 0.717) is 22.0 Å². The normalized spacial score (nSPS) is 14.8. The van der Waals surface area contributed by atoms with Crippen LogP contribution in [0.1, 0.15) is 41.9 Å². The lowest BCUT2D eigenvalue weighted by Gasteiger charge is -2.16. The maximum Gasteiger partial charge on any atom is 0.573 e. The van der Waals surface area contributed by atoms with E-state index in [4.69, 9.17) is 0 Å². The van der Waals surface area contributed by atoms with Gasteiger partial charge in [-0.15, -0.1) is 23.4 Å². The fraction of sp³-hybridized carbons (Fsp3) is 0.348. The molecule has 0 saturated heterocycles. The van der Waals surface area contributed by atoms with Crippen molar-refractivity contribution in [1.82, 2.24) is 15.5 Å². The monoisotopic (exact) mass is 461 g/mol. The van der Waals surface area contributed by atoms with Crippen LogP contribution in [0.3, 0.4) is 0 Å². The molecular weight excluding hydrogens is 439 g/mol. The van der Waals surface area contributed by atoms with E-state index in [9.17, 15) is 18.0 Å². The second-order valence-corrected chi connectivity index (χ2v) is 8.74. The Labute approximate surface area is 187 Å². The molecule has 1 aliphatic carbocycles. The number of benzene rings is 2. The number of aromatic nitrogens is 2. The summed E-state index contributed by atoms with van der Waals surface area (Å²) in [6.07, 6.45) is -1.53. The molecule has 1 atom stereocenters. The summed E-state index contributed by atoms with van der Waals surface area (Å²) in [7, 11) is 0. The molecule has 0 aliphatic heterocycles. The maximum absolute atomic E-state index is 12.6. The quantitative estimate of drug-likeness (QED) is 0.483. The van der Waals surface area contributed by atoms with Crippen molar-refractivity contribution in [2.45, 2.75) is 45.0 Å². The van der Waals surface area contributed by atoms with Gasteiger partial charge in [0.25, 0.3) is 0 Å². The van der Waals surface area contributed by atoms with Crippen molar-refractivity contribution in [2.75, 3.05) is 0 Å². The third-order valence-electron chi connectivity index (χ3n) is 5.16. The lowest BCUT2D eigenvalue weighted by Crippen LogP contribution is -2.31. The fourth-order valence-electron chi connectivity index (χ4n) is 3.37. The molecule has 3 aromatic rings. The van der Waals surface area contributed by atoms with Crippen molar-refractivity contribution in [3.05, 3.63) is 64.7 Å². The Morgan fingerprint density at radius 2 is 1.91 bits per heavy atom. The average molecular weight is 462 g/mol. The summed E-state index contributed by atoms with van der Waals surface area (Å²) >= 11 is 1.25. The second-order valence-electron chi connectivity index (χ2n) is 7.73. The van der Waals surface area contributed by atoms with Gasteiger partial charge in [-0.05, 0) is 48.9 Å². The Morgan fingerprint density at radius 1 is 1.16 bits per heavy atom. The van der Waals surface area contributed by atoms with E-state index in [1.54, 1.807) is 6.07 Å². The van der Waals surface area contributed by atoms with Crippen molar-refractivity contribution in [3.8, 4) is 16.3 Å². The van der Waals surface area contributed by atoms with Crippen molar-refractivity contribution in [3.63, 3.8) is 0 Å². The van der Waals surface area contributed by atoms with Crippen LogP contribution >= 0.6 is 11.3 Å². The van der Waals surface area contributed by atoms with Crippen LogP contribution in [0.4, 0.5) is 13.2 Å². The van der Waals surface area contributed by atoms with E-state index in [2.05, 4.69) is 39.3 Å². The molecule has 2 aromatic carbocycles. The zero-order chi connectivity index (χ0) is 22.7. The van der Waals surface area contributed by atoms with Gasteiger partial charge < -0.3 is 10.1 Å². The SMILES string of the molecule is CCc1cccc(CC(NC(=O)C2CC2)c2nnc(-c3cccc(OC(F)(F)F)c3)s2)c1. The first-order valence-corrected chi connectivity index (χ1v) is 11.2. The minimum Gasteiger partial charge on any atom is -0.406 e. The number of alkyl halides is 3. The third-order valence-corrected chi connectivity index (χ3v) is 6.24. The van der Waals surface area contributed by atoms with Crippen molar-refractivity contribution >= 4 is 17.2 Å². The first-order chi connectivity index (χ1) is 15.3. The van der Waals surface area contributed by atoms with Crippen molar-refractivity contribution in [2.24, 2.45) is 5.92 Å². The summed E-state index contributed by atoms with van der Waals surface area (Å²) < 4.78 is 41.7. The molecule has 1 aliphatic rings. The highest BCUT2D eigenvalue weighted by atomic mass is 32.1. The van der Waals surface area contributed by atoms with Crippen LogP contribution < -0.4 is 10.1 Å². The summed E-state index contributed by atoms with van der Waals surface area (Å²) in [6.45, 7) is 2.08. The molecule has 1 N–H and O–H groups in total. The van der Waals surface area contributed by atoms with Gasteiger partial charge in [0.2, 0.25) is 5.91 Å². The molecule has 1 saturated carbocycles. The Kier molecular flexibility index (Phi) is 6.45. The molecule has 1 amide bonds. The topological polar surface area (TPSA) is 64.1 Å². The molecule has 1 heterocycles. The number of nitrogens with one attached hydrogen (secondary N) is 1. The number of hydrogen-bond donors (Lipinski definition) is 1. The summed E-state index contributed by atoms with van der Waals surface area (Å²) in [4.78, 5) is 12.5. The summed E-state index contributed by atoms with van der Waals surface area (Å²) in [5, 5.41) is 12.6. The fourth-order valence-corrected chi connectivity index (χ4v) is 4.26. The Morgan fingerprint density at radius 3 is 2.62 bits per heavy atom. The number of aryl methyl sites for hydroxylation is 1. The van der Waals surface area contributed by atoms with Gasteiger partial charge in [-0.1, -0.05) is 54.7 Å². The predicted molar refractivity (Wildman–Crippen MR) is 115 cm³/mol. The summed E-state index contributed by atoms with van der Waals surface area (Å²) in [6, 6.07) is 13.4. The third kappa shape index (κ3) is 5.85. The van der Waals surface area contributed by atoms with Crippen LogP contribution in [-0.4, -0.2) is 22.5 Å². The summed E-state index contributed by atoms with van der Waals surface area (Å²) in [5.74, 6) is -0.274. The van der Waals surface area contributed by atoms with E-state index < -0.39 is 6.36 Å². The van der Waals surface area contributed by atoms with Gasteiger partial charge in [-0.25, -0.2) is 0 Å². The molecular formula is C23H22F3N3O2S. The Bertz CT molecular complexity index is 1100. The Hall–Kier alpha value is -2.94. The van der Waals surface area contributed by atoms with Gasteiger partial charge in [0, 0.05) is 11.5 Å². The van der Waals surface area contributed by atoms with Gasteiger partial charge in [0.1, 0.15) is 15.8 Å². The zero-order valence-electron chi connectivity index (χ0n) is 17.4. The molecule has 0 radical (unpaired) electrons. The van der Waals surface area contributed by atoms with E-state index in [0.717, 1.165) is 24.8 Å². The Balaban J connectivity index is 1.58. The van der Waals surface area contributed by atoms with E-state index in [1.165, 1.54) is 35.1 Å². The number of carbonyl (C=O) groups is 1. The van der Waals surface area contributed by atoms with Crippen molar-refractivity contribution < 1.29 is 22.7 Å². The molecule has 1 aromatic heterocycles. The first kappa shape index (κ1) is 22.3. The van der Waals surface area contributed by atoms with E-state index >= 15 is 0 Å². The highest BCUT2D eigenvalue weighted by Gasteiger charge is 2.33. The van der Waals surface area contributed by atoms with Crippen LogP contribution in [-0.2, 0) is 17.6 Å². The lowest BCUT2D eigenvalue weighted by atomic mass is 10.0. The van der Waals surface area contributed by atoms with Gasteiger partial charge in [0.05, 0.1) is 6.04 Å². The molecule has 168 valence electrons. The van der Waals surface area contributed by atoms with Crippen LogP contribution in [0.25, 0.3) is 10.6 Å². The number of rotatable bonds is 8. The van der Waals surface area contributed by atoms with Crippen LogP contribution in [0, 0.1) is 5.92 Å². The highest BCUT2D eigenvalue weighted by Crippen LogP contribution is 2.34. The van der Waals surface area contributed by atoms with Crippen LogP contribution in [0.15, 0.2) is 48.5 Å². The smallest absolute Gasteiger partial charge is 0.406 e. The molecule has 32 heavy (non-hydrogen) atoms.